The Bertz CT molecular complexity index is 1020. The molecule has 0 aromatic carbocycles. The van der Waals surface area contributed by atoms with Gasteiger partial charge in [0.2, 0.25) is 12.3 Å². The van der Waals surface area contributed by atoms with Crippen molar-refractivity contribution in [2.75, 3.05) is 12.4 Å². The first-order valence-corrected chi connectivity index (χ1v) is 12.5. The minimum Gasteiger partial charge on any atom is -0.480 e. The third-order valence-electron chi connectivity index (χ3n) is 5.60. The summed E-state index contributed by atoms with van der Waals surface area (Å²) in [5.74, 6) is -3.85. The maximum Gasteiger partial charge on any atom is 0.320 e. The Labute approximate surface area is 205 Å². The van der Waals surface area contributed by atoms with Gasteiger partial charge in [-0.05, 0) is 33.4 Å². The van der Waals surface area contributed by atoms with Crippen LogP contribution < -0.4 is 10.6 Å². The van der Waals surface area contributed by atoms with Gasteiger partial charge in [-0.25, -0.2) is 0 Å². The normalized spacial score (nSPS) is 21.6. The first-order valence-electron chi connectivity index (χ1n) is 10.5. The first-order chi connectivity index (χ1) is 16.0. The molecule has 1 aromatic rings. The zero-order chi connectivity index (χ0) is 25.2. The molecule has 3 rings (SSSR count). The van der Waals surface area contributed by atoms with Crippen molar-refractivity contribution in [1.82, 2.24) is 15.5 Å². The van der Waals surface area contributed by atoms with Crippen LogP contribution in [-0.2, 0) is 28.7 Å². The second kappa shape index (κ2) is 10.2. The summed E-state index contributed by atoms with van der Waals surface area (Å²) in [4.78, 5) is 62.1. The molecule has 3 N–H and O–H groups in total. The van der Waals surface area contributed by atoms with Gasteiger partial charge in [-0.15, -0.1) is 11.8 Å². The van der Waals surface area contributed by atoms with Crippen LogP contribution in [0.25, 0.3) is 0 Å². The number of carbonyl (C=O) groups excluding carboxylic acids is 4. The van der Waals surface area contributed by atoms with Crippen LogP contribution in [0.4, 0.5) is 0 Å². The summed E-state index contributed by atoms with van der Waals surface area (Å²) in [6.07, 6.45) is 0.472. The van der Waals surface area contributed by atoms with Gasteiger partial charge < -0.3 is 20.5 Å². The minimum absolute atomic E-state index is 0.0741. The zero-order valence-corrected chi connectivity index (χ0v) is 20.8. The number of fused-ring (bicyclic) bond motifs is 1. The highest BCUT2D eigenvalue weighted by molar-refractivity contribution is 8.00. The Morgan fingerprint density at radius 1 is 1.35 bits per heavy atom. The number of hydrogen-bond acceptors (Lipinski definition) is 8. The Morgan fingerprint density at radius 2 is 2.06 bits per heavy atom. The topological polar surface area (TPSA) is 142 Å². The highest BCUT2D eigenvalue weighted by atomic mass is 32.2. The second-order valence-corrected chi connectivity index (χ2v) is 11.0. The number of ether oxygens (including phenoxy) is 1. The number of thioether (sulfide) groups is 1. The summed E-state index contributed by atoms with van der Waals surface area (Å²) < 4.78 is 5.22. The maximum atomic E-state index is 13.2. The molecular formula is C22H27N3O7S2. The monoisotopic (exact) mass is 509 g/mol. The van der Waals surface area contributed by atoms with Gasteiger partial charge in [0.25, 0.3) is 5.91 Å². The number of carbonyl (C=O) groups is 5. The molecule has 3 heterocycles. The zero-order valence-electron chi connectivity index (χ0n) is 19.2. The van der Waals surface area contributed by atoms with E-state index in [2.05, 4.69) is 10.6 Å². The lowest BCUT2D eigenvalue weighted by Gasteiger charge is -2.53. The summed E-state index contributed by atoms with van der Waals surface area (Å²) in [5, 5.41) is 18.0. The van der Waals surface area contributed by atoms with E-state index >= 15 is 0 Å². The molecule has 184 valence electrons. The highest BCUT2D eigenvalue weighted by Crippen LogP contribution is 2.44. The maximum absolute atomic E-state index is 13.2. The molecule has 2 unspecified atom stereocenters. The van der Waals surface area contributed by atoms with Gasteiger partial charge in [-0.3, -0.25) is 28.9 Å². The molecule has 4 atom stereocenters. The van der Waals surface area contributed by atoms with Crippen molar-refractivity contribution in [1.29, 1.82) is 0 Å². The third-order valence-corrected chi connectivity index (χ3v) is 7.64. The number of aliphatic carboxylic acids is 1. The van der Waals surface area contributed by atoms with Gasteiger partial charge in [0.1, 0.15) is 18.0 Å². The quantitative estimate of drug-likeness (QED) is 0.196. The number of amides is 3. The molecule has 0 radical (unpaired) electrons. The fourth-order valence-electron chi connectivity index (χ4n) is 3.96. The van der Waals surface area contributed by atoms with Gasteiger partial charge in [-0.1, -0.05) is 20.8 Å². The summed E-state index contributed by atoms with van der Waals surface area (Å²) in [7, 11) is 0. The number of carboxylic acids is 1. The van der Waals surface area contributed by atoms with E-state index in [0.717, 1.165) is 0 Å². The Morgan fingerprint density at radius 3 is 2.59 bits per heavy atom. The lowest BCUT2D eigenvalue weighted by molar-refractivity contribution is -0.147. The lowest BCUT2D eigenvalue weighted by Crippen LogP contribution is -2.71. The van der Waals surface area contributed by atoms with Gasteiger partial charge in [0, 0.05) is 18.4 Å². The van der Waals surface area contributed by atoms with E-state index < -0.39 is 41.3 Å². The van der Waals surface area contributed by atoms with Crippen LogP contribution in [-0.4, -0.2) is 70.0 Å². The molecule has 12 heteroatoms. The van der Waals surface area contributed by atoms with E-state index in [1.165, 1.54) is 34.9 Å². The van der Waals surface area contributed by atoms with Crippen LogP contribution in [0.2, 0.25) is 0 Å². The van der Waals surface area contributed by atoms with Crippen LogP contribution in [0.15, 0.2) is 28.1 Å². The van der Waals surface area contributed by atoms with E-state index in [1.54, 1.807) is 16.8 Å². The summed E-state index contributed by atoms with van der Waals surface area (Å²) in [6.45, 7) is 6.78. The van der Waals surface area contributed by atoms with Crippen molar-refractivity contribution in [3.05, 3.63) is 33.7 Å². The number of carboxylic acid groups (broad SMARTS) is 1. The van der Waals surface area contributed by atoms with Crippen molar-refractivity contribution in [2.45, 2.75) is 51.1 Å². The number of hydrogen-bond donors (Lipinski definition) is 3. The van der Waals surface area contributed by atoms with E-state index in [9.17, 15) is 29.1 Å². The first kappa shape index (κ1) is 25.8. The molecule has 3 amide bonds. The number of β-lactam (4-membered cyclic amide) rings is 1. The number of esters is 1. The second-order valence-electron chi connectivity index (χ2n) is 9.08. The lowest BCUT2D eigenvalue weighted by atomic mass is 9.81. The van der Waals surface area contributed by atoms with Crippen molar-refractivity contribution in [3.63, 3.8) is 0 Å². The summed E-state index contributed by atoms with van der Waals surface area (Å²) in [5.41, 5.74) is 0.829. The molecule has 2 aliphatic rings. The van der Waals surface area contributed by atoms with Gasteiger partial charge in [0.05, 0.1) is 6.04 Å². The Kier molecular flexibility index (Phi) is 7.71. The molecule has 0 aliphatic carbocycles. The van der Waals surface area contributed by atoms with Crippen molar-refractivity contribution >= 4 is 53.3 Å². The van der Waals surface area contributed by atoms with Crippen LogP contribution in [0.1, 0.15) is 39.2 Å². The molecule has 1 aromatic heterocycles. The van der Waals surface area contributed by atoms with Gasteiger partial charge in [0.15, 0.2) is 5.92 Å². The average molecular weight is 510 g/mol. The molecule has 1 saturated heterocycles. The Balaban J connectivity index is 2.02. The SMILES string of the molecule is CC(=O)OCC1=C(C(NC(=O)C(C(=O)O)c2ccsc2)C(C)(C)C)N2C(=O)[C@@H](NC=O)[C@H]2SC1. The van der Waals surface area contributed by atoms with Crippen molar-refractivity contribution < 1.29 is 33.8 Å². The number of thiophene rings is 1. The molecular weight excluding hydrogens is 482 g/mol. The fourth-order valence-corrected chi connectivity index (χ4v) is 6.00. The van der Waals surface area contributed by atoms with E-state index in [-0.39, 0.29) is 17.9 Å². The third kappa shape index (κ3) is 5.12. The van der Waals surface area contributed by atoms with Gasteiger partial charge in [-0.2, -0.15) is 11.3 Å². The van der Waals surface area contributed by atoms with Crippen LogP contribution in [0, 0.1) is 5.41 Å². The molecule has 0 bridgehead atoms. The summed E-state index contributed by atoms with van der Waals surface area (Å²) >= 11 is 2.70. The molecule has 10 nitrogen and oxygen atoms in total. The minimum atomic E-state index is -1.42. The Hall–Kier alpha value is -2.86. The van der Waals surface area contributed by atoms with E-state index in [4.69, 9.17) is 4.74 Å². The molecule has 1 fully saturated rings. The van der Waals surface area contributed by atoms with Crippen LogP contribution >= 0.6 is 23.1 Å². The summed E-state index contributed by atoms with van der Waals surface area (Å²) in [6, 6.07) is 0.111. The van der Waals surface area contributed by atoms with Gasteiger partial charge >= 0.3 is 11.9 Å². The van der Waals surface area contributed by atoms with E-state index in [1.807, 2.05) is 20.8 Å². The molecule has 0 saturated carbocycles. The standard InChI is InChI=1S/C22H27N3O7S2/c1-11(27)32-7-13-9-34-20-15(23-10-26)19(29)25(20)16(13)17(22(2,3)4)24-18(28)14(21(30)31)12-5-6-33-8-12/h5-6,8,10,14-15,17,20H,7,9H2,1-4H3,(H,23,26)(H,24,28)(H,30,31)/t14?,15-,17?,20-/m1/s1. The number of nitrogens with zero attached hydrogens (tertiary/aromatic N) is 1. The largest absolute Gasteiger partial charge is 0.480 e. The predicted octanol–water partition coefficient (Wildman–Crippen LogP) is 1.29. The molecule has 34 heavy (non-hydrogen) atoms. The predicted molar refractivity (Wildman–Crippen MR) is 126 cm³/mol. The van der Waals surface area contributed by atoms with Crippen molar-refractivity contribution in [3.8, 4) is 0 Å². The fraction of sp³-hybridized carbons (Fsp3) is 0.500. The molecule has 0 spiro atoms. The van der Waals surface area contributed by atoms with Crippen molar-refractivity contribution in [2.24, 2.45) is 5.41 Å². The highest BCUT2D eigenvalue weighted by Gasteiger charge is 2.54. The average Bonchev–Trinajstić information content (AvgIpc) is 3.26. The molecule has 2 aliphatic heterocycles. The number of nitrogens with one attached hydrogen (secondary N) is 2. The van der Waals surface area contributed by atoms with Crippen LogP contribution in [0.3, 0.4) is 0 Å². The smallest absolute Gasteiger partial charge is 0.320 e. The number of rotatable bonds is 9. The van der Waals surface area contributed by atoms with E-state index in [0.29, 0.717) is 29.0 Å². The van der Waals surface area contributed by atoms with Crippen LogP contribution in [0.5, 0.6) is 0 Å².